The van der Waals surface area contributed by atoms with Crippen LogP contribution >= 0.6 is 34.2 Å². The Kier molecular flexibility index (Phi) is 5.01. The summed E-state index contributed by atoms with van der Waals surface area (Å²) in [5, 5.41) is -0.312. The first-order valence-electron chi connectivity index (χ1n) is 6.02. The van der Waals surface area contributed by atoms with Crippen LogP contribution in [0.2, 0.25) is 5.02 Å². The number of carbonyl (C=O) groups is 2. The zero-order chi connectivity index (χ0) is 16.4. The molecule has 0 radical (unpaired) electrons. The molecule has 1 heterocycles. The summed E-state index contributed by atoms with van der Waals surface area (Å²) in [6.45, 7) is 1.66. The van der Waals surface area contributed by atoms with Crippen LogP contribution in [0.1, 0.15) is 17.3 Å². The average Bonchev–Trinajstić information content (AvgIpc) is 2.46. The van der Waals surface area contributed by atoms with E-state index < -0.39 is 17.2 Å². The fourth-order valence-electron chi connectivity index (χ4n) is 1.91. The quantitative estimate of drug-likeness (QED) is 0.344. The number of pyridine rings is 1. The fraction of sp³-hybridized carbons (Fsp3) is 0.154. The van der Waals surface area contributed by atoms with E-state index in [4.69, 9.17) is 16.3 Å². The van der Waals surface area contributed by atoms with Crippen LogP contribution in [0.25, 0.3) is 10.9 Å². The van der Waals surface area contributed by atoms with E-state index in [-0.39, 0.29) is 31.8 Å². The van der Waals surface area contributed by atoms with Crippen LogP contribution in [0, 0.1) is 9.52 Å². The molecule has 0 fully saturated rings. The van der Waals surface area contributed by atoms with Gasteiger partial charge in [0.1, 0.15) is 15.1 Å². The SMILES string of the molecule is CCOC(=O)c1c(I)n(NC=O)c2cc(Cl)c(F)cc2c1=O. The number of amides is 1. The van der Waals surface area contributed by atoms with E-state index in [2.05, 4.69) is 5.43 Å². The number of esters is 1. The van der Waals surface area contributed by atoms with Crippen LogP contribution in [-0.2, 0) is 9.53 Å². The molecule has 0 unspecified atom stereocenters. The number of aromatic nitrogens is 1. The van der Waals surface area contributed by atoms with Crippen molar-refractivity contribution in [2.24, 2.45) is 0 Å². The van der Waals surface area contributed by atoms with Crippen molar-refractivity contribution < 1.29 is 18.7 Å². The molecule has 0 aliphatic carbocycles. The predicted octanol–water partition coefficient (Wildman–Crippen LogP) is 2.28. The average molecular weight is 439 g/mol. The predicted molar refractivity (Wildman–Crippen MR) is 87.3 cm³/mol. The molecule has 0 aliphatic heterocycles. The molecule has 0 atom stereocenters. The number of benzene rings is 1. The van der Waals surface area contributed by atoms with Gasteiger partial charge in [0.15, 0.2) is 0 Å². The summed E-state index contributed by atoms with van der Waals surface area (Å²) in [6.07, 6.45) is 0.359. The normalized spacial score (nSPS) is 10.5. The minimum Gasteiger partial charge on any atom is -0.462 e. The summed E-state index contributed by atoms with van der Waals surface area (Å²) in [4.78, 5) is 35.2. The Morgan fingerprint density at radius 1 is 1.55 bits per heavy atom. The van der Waals surface area contributed by atoms with Crippen LogP contribution < -0.4 is 10.9 Å². The van der Waals surface area contributed by atoms with Crippen molar-refractivity contribution in [1.82, 2.24) is 4.68 Å². The van der Waals surface area contributed by atoms with Crippen LogP contribution in [0.4, 0.5) is 4.39 Å². The summed E-state index contributed by atoms with van der Waals surface area (Å²) < 4.78 is 19.8. The zero-order valence-electron chi connectivity index (χ0n) is 11.2. The summed E-state index contributed by atoms with van der Waals surface area (Å²) in [5.74, 6) is -1.66. The lowest BCUT2D eigenvalue weighted by molar-refractivity contribution is -0.106. The van der Waals surface area contributed by atoms with Crippen LogP contribution in [0.5, 0.6) is 0 Å². The van der Waals surface area contributed by atoms with E-state index in [0.29, 0.717) is 6.41 Å². The molecule has 0 aliphatic rings. The number of hydrogen-bond acceptors (Lipinski definition) is 4. The molecule has 116 valence electrons. The third kappa shape index (κ3) is 2.80. The Labute approximate surface area is 142 Å². The van der Waals surface area contributed by atoms with Gasteiger partial charge in [0.25, 0.3) is 0 Å². The van der Waals surface area contributed by atoms with Crippen molar-refractivity contribution in [3.8, 4) is 0 Å². The summed E-state index contributed by atoms with van der Waals surface area (Å²) >= 11 is 7.43. The maximum absolute atomic E-state index is 13.6. The molecule has 1 aromatic heterocycles. The number of rotatable bonds is 4. The highest BCUT2D eigenvalue weighted by atomic mass is 127. The second-order valence-corrected chi connectivity index (χ2v) is 5.51. The second kappa shape index (κ2) is 6.61. The highest BCUT2D eigenvalue weighted by Crippen LogP contribution is 2.23. The molecule has 22 heavy (non-hydrogen) atoms. The first-order chi connectivity index (χ1) is 10.4. The third-order valence-corrected chi connectivity index (χ3v) is 4.13. The van der Waals surface area contributed by atoms with Gasteiger partial charge in [-0.15, -0.1) is 0 Å². The first-order valence-corrected chi connectivity index (χ1v) is 7.48. The Balaban J connectivity index is 2.94. The van der Waals surface area contributed by atoms with Gasteiger partial charge in [-0.3, -0.25) is 15.0 Å². The van der Waals surface area contributed by atoms with Gasteiger partial charge in [-0.2, -0.15) is 0 Å². The second-order valence-electron chi connectivity index (χ2n) is 4.08. The molecule has 0 saturated carbocycles. The maximum atomic E-state index is 13.6. The zero-order valence-corrected chi connectivity index (χ0v) is 14.1. The van der Waals surface area contributed by atoms with E-state index in [1.54, 1.807) is 29.5 Å². The molecule has 2 aromatic rings. The van der Waals surface area contributed by atoms with Crippen LogP contribution in [-0.4, -0.2) is 23.7 Å². The van der Waals surface area contributed by atoms with Crippen molar-refractivity contribution in [3.63, 3.8) is 0 Å². The number of nitrogens with zero attached hydrogens (tertiary/aromatic N) is 1. The lowest BCUT2D eigenvalue weighted by Crippen LogP contribution is -2.28. The van der Waals surface area contributed by atoms with Crippen molar-refractivity contribution in [1.29, 1.82) is 0 Å². The molecular weight excluding hydrogens is 430 g/mol. The number of ether oxygens (including phenoxy) is 1. The molecule has 9 heteroatoms. The molecule has 6 nitrogen and oxygen atoms in total. The molecule has 1 amide bonds. The number of halogens is 3. The van der Waals surface area contributed by atoms with E-state index >= 15 is 0 Å². The van der Waals surface area contributed by atoms with Crippen molar-refractivity contribution in [2.45, 2.75) is 6.92 Å². The Morgan fingerprint density at radius 2 is 2.23 bits per heavy atom. The van der Waals surface area contributed by atoms with Crippen molar-refractivity contribution in [2.75, 3.05) is 12.0 Å². The Bertz CT molecular complexity index is 837. The fourth-order valence-corrected chi connectivity index (χ4v) is 2.93. The number of nitrogens with one attached hydrogen (secondary N) is 1. The van der Waals surface area contributed by atoms with Crippen molar-refractivity contribution >= 4 is 57.5 Å². The Hall–Kier alpha value is -1.68. The topological polar surface area (TPSA) is 77.4 Å². The smallest absolute Gasteiger partial charge is 0.344 e. The first kappa shape index (κ1) is 16.7. The highest BCUT2D eigenvalue weighted by Gasteiger charge is 2.23. The molecule has 0 spiro atoms. The third-order valence-electron chi connectivity index (χ3n) is 2.82. The summed E-state index contributed by atoms with van der Waals surface area (Å²) in [6, 6.07) is 2.11. The number of hydrogen-bond donors (Lipinski definition) is 1. The lowest BCUT2D eigenvalue weighted by Gasteiger charge is -2.15. The van der Waals surface area contributed by atoms with E-state index in [0.717, 1.165) is 6.07 Å². The minimum absolute atomic E-state index is 0.0719. The van der Waals surface area contributed by atoms with Gasteiger partial charge in [-0.05, 0) is 41.6 Å². The molecule has 1 aromatic carbocycles. The van der Waals surface area contributed by atoms with Crippen molar-refractivity contribution in [3.05, 3.63) is 42.5 Å². The number of carbonyl (C=O) groups excluding carboxylic acids is 2. The number of fused-ring (bicyclic) bond motifs is 1. The van der Waals surface area contributed by atoms with Gasteiger partial charge in [-0.25, -0.2) is 13.9 Å². The highest BCUT2D eigenvalue weighted by molar-refractivity contribution is 14.1. The molecular formula is C13H9ClFIN2O4. The molecule has 0 saturated heterocycles. The van der Waals surface area contributed by atoms with Gasteiger partial charge >= 0.3 is 5.97 Å². The largest absolute Gasteiger partial charge is 0.462 e. The molecule has 0 bridgehead atoms. The van der Waals surface area contributed by atoms with E-state index in [1.165, 1.54) is 10.7 Å². The standard InChI is InChI=1S/C13H9ClFIN2O4/c1-2-22-13(21)10-11(20)6-3-8(15)7(14)4-9(6)18(12(10)16)17-5-19/h3-5H,2H2,1H3,(H,17,19). The van der Waals surface area contributed by atoms with E-state index in [1.807, 2.05) is 0 Å². The Morgan fingerprint density at radius 3 is 2.82 bits per heavy atom. The van der Waals surface area contributed by atoms with Gasteiger partial charge in [0.05, 0.1) is 22.5 Å². The molecule has 2 rings (SSSR count). The summed E-state index contributed by atoms with van der Waals surface area (Å²) in [5.41, 5.74) is 1.52. The van der Waals surface area contributed by atoms with Gasteiger partial charge in [-0.1, -0.05) is 11.6 Å². The van der Waals surface area contributed by atoms with Crippen LogP contribution in [0.3, 0.4) is 0 Å². The van der Waals surface area contributed by atoms with Gasteiger partial charge in [0, 0.05) is 0 Å². The monoisotopic (exact) mass is 438 g/mol. The van der Waals surface area contributed by atoms with Gasteiger partial charge in [0.2, 0.25) is 11.8 Å². The van der Waals surface area contributed by atoms with E-state index in [9.17, 15) is 18.8 Å². The molecule has 1 N–H and O–H groups in total. The van der Waals surface area contributed by atoms with Crippen LogP contribution in [0.15, 0.2) is 16.9 Å². The summed E-state index contributed by atoms with van der Waals surface area (Å²) in [7, 11) is 0. The lowest BCUT2D eigenvalue weighted by atomic mass is 10.1. The maximum Gasteiger partial charge on any atom is 0.344 e. The van der Waals surface area contributed by atoms with Gasteiger partial charge < -0.3 is 4.74 Å². The minimum atomic E-state index is -0.851.